The normalized spacial score (nSPS) is 10.7. The lowest BCUT2D eigenvalue weighted by atomic mass is 10.2. The number of nitro groups is 1. The fourth-order valence-corrected chi connectivity index (χ4v) is 2.92. The molecule has 0 saturated carbocycles. The highest BCUT2D eigenvalue weighted by Gasteiger charge is 2.16. The lowest BCUT2D eigenvalue weighted by Gasteiger charge is -2.10. The largest absolute Gasteiger partial charge is 0.489 e. The summed E-state index contributed by atoms with van der Waals surface area (Å²) in [6.07, 6.45) is 0. The molecule has 7 heteroatoms. The SMILES string of the molecule is O=[N+]([O-])c1cc(OCc2ccccc2)ccc1Nc1ccc2cccc(F)c2n1. The minimum Gasteiger partial charge on any atom is -0.489 e. The van der Waals surface area contributed by atoms with E-state index in [0.29, 0.717) is 23.6 Å². The number of halogens is 1. The van der Waals surface area contributed by atoms with Crippen LogP contribution >= 0.6 is 0 Å². The Labute approximate surface area is 165 Å². The number of ether oxygens (including phenoxy) is 1. The lowest BCUT2D eigenvalue weighted by molar-refractivity contribution is -0.384. The monoisotopic (exact) mass is 389 g/mol. The molecule has 4 rings (SSSR count). The van der Waals surface area contributed by atoms with Gasteiger partial charge in [0.25, 0.3) is 5.69 Å². The van der Waals surface area contributed by atoms with Crippen LogP contribution in [0.2, 0.25) is 0 Å². The second kappa shape index (κ2) is 7.93. The van der Waals surface area contributed by atoms with Gasteiger partial charge in [0.2, 0.25) is 0 Å². The molecule has 1 heterocycles. The highest BCUT2D eigenvalue weighted by Crippen LogP contribution is 2.32. The third-order valence-corrected chi connectivity index (χ3v) is 4.35. The molecule has 0 atom stereocenters. The van der Waals surface area contributed by atoms with Crippen molar-refractivity contribution in [2.75, 3.05) is 5.32 Å². The van der Waals surface area contributed by atoms with E-state index in [1.807, 2.05) is 30.3 Å². The van der Waals surface area contributed by atoms with Gasteiger partial charge in [-0.05, 0) is 35.9 Å². The Hall–Kier alpha value is -4.00. The molecular formula is C22H16FN3O3. The smallest absolute Gasteiger partial charge is 0.296 e. The lowest BCUT2D eigenvalue weighted by Crippen LogP contribution is -2.01. The fourth-order valence-electron chi connectivity index (χ4n) is 2.92. The van der Waals surface area contributed by atoms with Crippen LogP contribution in [0.3, 0.4) is 0 Å². The van der Waals surface area contributed by atoms with Crippen LogP contribution in [0.25, 0.3) is 10.9 Å². The van der Waals surface area contributed by atoms with Crippen molar-refractivity contribution in [1.29, 1.82) is 0 Å². The molecule has 3 aromatic carbocycles. The van der Waals surface area contributed by atoms with E-state index >= 15 is 0 Å². The van der Waals surface area contributed by atoms with Gasteiger partial charge in [-0.15, -0.1) is 0 Å². The number of hydrogen-bond donors (Lipinski definition) is 1. The Morgan fingerprint density at radius 2 is 1.83 bits per heavy atom. The highest BCUT2D eigenvalue weighted by atomic mass is 19.1. The van der Waals surface area contributed by atoms with E-state index in [9.17, 15) is 14.5 Å². The van der Waals surface area contributed by atoms with E-state index in [0.717, 1.165) is 5.56 Å². The van der Waals surface area contributed by atoms with Crippen molar-refractivity contribution in [1.82, 2.24) is 4.98 Å². The van der Waals surface area contributed by atoms with E-state index < -0.39 is 10.7 Å². The van der Waals surface area contributed by atoms with Crippen LogP contribution in [0.15, 0.2) is 78.9 Å². The summed E-state index contributed by atoms with van der Waals surface area (Å²) in [5.41, 5.74) is 1.24. The van der Waals surface area contributed by atoms with Gasteiger partial charge in [-0.1, -0.05) is 42.5 Å². The number of nitrogens with zero attached hydrogens (tertiary/aromatic N) is 2. The number of fused-ring (bicyclic) bond motifs is 1. The van der Waals surface area contributed by atoms with Crippen molar-refractivity contribution < 1.29 is 14.1 Å². The molecule has 0 radical (unpaired) electrons. The van der Waals surface area contributed by atoms with Gasteiger partial charge in [-0.3, -0.25) is 10.1 Å². The topological polar surface area (TPSA) is 77.3 Å². The van der Waals surface area contributed by atoms with E-state index in [-0.39, 0.29) is 16.9 Å². The van der Waals surface area contributed by atoms with Gasteiger partial charge >= 0.3 is 0 Å². The molecule has 1 N–H and O–H groups in total. The van der Waals surface area contributed by atoms with E-state index in [4.69, 9.17) is 4.74 Å². The summed E-state index contributed by atoms with van der Waals surface area (Å²) in [4.78, 5) is 15.3. The third-order valence-electron chi connectivity index (χ3n) is 4.35. The van der Waals surface area contributed by atoms with E-state index in [1.165, 1.54) is 12.1 Å². The average Bonchev–Trinajstić information content (AvgIpc) is 2.74. The second-order valence-electron chi connectivity index (χ2n) is 6.34. The number of benzene rings is 3. The van der Waals surface area contributed by atoms with Gasteiger partial charge < -0.3 is 10.1 Å². The molecule has 0 aliphatic heterocycles. The van der Waals surface area contributed by atoms with Gasteiger partial charge in [0, 0.05) is 5.39 Å². The van der Waals surface area contributed by atoms with Gasteiger partial charge in [-0.25, -0.2) is 9.37 Å². The molecule has 144 valence electrons. The van der Waals surface area contributed by atoms with Crippen LogP contribution in [0.1, 0.15) is 5.56 Å². The molecule has 1 aromatic heterocycles. The van der Waals surface area contributed by atoms with Gasteiger partial charge in [0.1, 0.15) is 35.2 Å². The molecule has 4 aromatic rings. The minimum atomic E-state index is -0.501. The summed E-state index contributed by atoms with van der Waals surface area (Å²) in [5.74, 6) is 0.234. The van der Waals surface area contributed by atoms with E-state index in [1.54, 1.807) is 36.4 Å². The number of para-hydroxylation sites is 1. The van der Waals surface area contributed by atoms with Crippen LogP contribution in [-0.2, 0) is 6.61 Å². The standard InChI is InChI=1S/C22H16FN3O3/c23-18-8-4-7-16-9-12-21(25-22(16)18)24-19-11-10-17(13-20(19)26(27)28)29-14-15-5-2-1-3-6-15/h1-13H,14H2,(H,24,25). The molecule has 6 nitrogen and oxygen atoms in total. The van der Waals surface area contributed by atoms with Gasteiger partial charge in [-0.2, -0.15) is 0 Å². The van der Waals surface area contributed by atoms with Crippen molar-refractivity contribution in [2.24, 2.45) is 0 Å². The molecule has 0 aliphatic rings. The Balaban J connectivity index is 1.58. The summed E-state index contributed by atoms with van der Waals surface area (Å²) in [6.45, 7) is 0.302. The molecule has 0 spiro atoms. The highest BCUT2D eigenvalue weighted by molar-refractivity contribution is 5.82. The zero-order chi connectivity index (χ0) is 20.2. The summed E-state index contributed by atoms with van der Waals surface area (Å²) >= 11 is 0. The summed E-state index contributed by atoms with van der Waals surface area (Å²) < 4.78 is 19.6. The molecule has 0 aliphatic carbocycles. The first-order valence-electron chi connectivity index (χ1n) is 8.87. The Morgan fingerprint density at radius 1 is 1.00 bits per heavy atom. The predicted octanol–water partition coefficient (Wildman–Crippen LogP) is 5.60. The first-order valence-corrected chi connectivity index (χ1v) is 8.87. The zero-order valence-corrected chi connectivity index (χ0v) is 15.2. The number of nitro benzene ring substituents is 1. The molecule has 0 fully saturated rings. The van der Waals surface area contributed by atoms with Crippen LogP contribution < -0.4 is 10.1 Å². The van der Waals surface area contributed by atoms with Crippen molar-refractivity contribution >= 4 is 28.1 Å². The summed E-state index contributed by atoms with van der Waals surface area (Å²) in [5, 5.41) is 15.1. The maximum Gasteiger partial charge on any atom is 0.296 e. The quantitative estimate of drug-likeness (QED) is 0.343. The third kappa shape index (κ3) is 4.14. The fraction of sp³-hybridized carbons (Fsp3) is 0.0455. The number of nitrogens with one attached hydrogen (secondary N) is 1. The van der Waals surface area contributed by atoms with Gasteiger partial charge in [0.05, 0.1) is 11.0 Å². The van der Waals surface area contributed by atoms with E-state index in [2.05, 4.69) is 10.3 Å². The average molecular weight is 389 g/mol. The first-order chi connectivity index (χ1) is 14.1. The van der Waals surface area contributed by atoms with Crippen molar-refractivity contribution in [2.45, 2.75) is 6.61 Å². The Morgan fingerprint density at radius 3 is 2.62 bits per heavy atom. The minimum absolute atomic E-state index is 0.161. The van der Waals surface area contributed by atoms with Crippen molar-refractivity contribution in [3.8, 4) is 5.75 Å². The van der Waals surface area contributed by atoms with Crippen LogP contribution in [0, 0.1) is 15.9 Å². The Kier molecular flexibility index (Phi) is 5.03. The maximum atomic E-state index is 14.0. The molecule has 0 bridgehead atoms. The zero-order valence-electron chi connectivity index (χ0n) is 15.2. The maximum absolute atomic E-state index is 14.0. The molecule has 0 unspecified atom stereocenters. The number of pyridine rings is 1. The summed E-state index contributed by atoms with van der Waals surface area (Å²) in [6, 6.07) is 22.1. The Bertz CT molecular complexity index is 1180. The summed E-state index contributed by atoms with van der Waals surface area (Å²) in [7, 11) is 0. The number of rotatable bonds is 6. The predicted molar refractivity (Wildman–Crippen MR) is 109 cm³/mol. The van der Waals surface area contributed by atoms with Crippen LogP contribution in [0.4, 0.5) is 21.6 Å². The number of hydrogen-bond acceptors (Lipinski definition) is 5. The van der Waals surface area contributed by atoms with Crippen molar-refractivity contribution in [3.63, 3.8) is 0 Å². The molecule has 29 heavy (non-hydrogen) atoms. The number of aromatic nitrogens is 1. The van der Waals surface area contributed by atoms with Gasteiger partial charge in [0.15, 0.2) is 0 Å². The van der Waals surface area contributed by atoms with Crippen LogP contribution in [0.5, 0.6) is 5.75 Å². The molecular weight excluding hydrogens is 373 g/mol. The second-order valence-corrected chi connectivity index (χ2v) is 6.34. The molecule has 0 amide bonds. The molecule has 0 saturated heterocycles. The van der Waals surface area contributed by atoms with Crippen LogP contribution in [-0.4, -0.2) is 9.91 Å². The number of anilines is 2. The van der Waals surface area contributed by atoms with Crippen molar-refractivity contribution in [3.05, 3.63) is 100 Å². The first kappa shape index (κ1) is 18.4.